The number of allylic oxidation sites excluding steroid dienone is 1. The molecule has 116 valence electrons. The van der Waals surface area contributed by atoms with E-state index < -0.39 is 31.6 Å². The molecule has 8 nitrogen and oxygen atoms in total. The minimum Gasteiger partial charge on any atom is -0.380 e. The molecule has 2 amide bonds. The summed E-state index contributed by atoms with van der Waals surface area (Å²) >= 11 is 0. The molecule has 0 rings (SSSR count). The number of carbonyl (C=O) groups is 2. The summed E-state index contributed by atoms with van der Waals surface area (Å²) in [5, 5.41) is 9.88. The number of amides is 2. The lowest BCUT2D eigenvalue weighted by Gasteiger charge is -2.27. The van der Waals surface area contributed by atoms with Gasteiger partial charge in [0.1, 0.15) is 0 Å². The Bertz CT molecular complexity index is 435. The smallest absolute Gasteiger partial charge is 0.352 e. The third-order valence-corrected chi connectivity index (χ3v) is 3.47. The second kappa shape index (κ2) is 7.54. The van der Waals surface area contributed by atoms with Crippen LogP contribution < -0.4 is 0 Å². The number of hydrogen-bond donors (Lipinski definition) is 2. The highest BCUT2D eigenvalue weighted by Crippen LogP contribution is 2.45. The number of carbonyl (C=O) groups excluding carboxylic acids is 2. The largest absolute Gasteiger partial charge is 0.380 e. The van der Waals surface area contributed by atoms with Gasteiger partial charge in [-0.1, -0.05) is 6.08 Å². The zero-order valence-corrected chi connectivity index (χ0v) is 13.1. The van der Waals surface area contributed by atoms with Gasteiger partial charge < -0.3 is 19.8 Å². The van der Waals surface area contributed by atoms with Crippen LogP contribution in [0.4, 0.5) is 0 Å². The van der Waals surface area contributed by atoms with Crippen LogP contribution in [0.5, 0.6) is 0 Å². The topological polar surface area (TPSA) is 107 Å². The van der Waals surface area contributed by atoms with Gasteiger partial charge in [-0.25, -0.2) is 0 Å². The fraction of sp³-hybridized carbons (Fsp3) is 0.636. The van der Waals surface area contributed by atoms with Crippen molar-refractivity contribution in [2.75, 3.05) is 28.2 Å². The first-order valence-corrected chi connectivity index (χ1v) is 7.43. The van der Waals surface area contributed by atoms with E-state index in [4.69, 9.17) is 4.52 Å². The SMILES string of the molecule is CC=CP(=O)(O)O[C@@H](C(=O)N(C)C)[C@@H](O)C(=O)N(C)C. The molecule has 0 aliphatic carbocycles. The lowest BCUT2D eigenvalue weighted by molar-refractivity contribution is -0.153. The predicted molar refractivity (Wildman–Crippen MR) is 72.9 cm³/mol. The molecular formula is C11H21N2O6P. The maximum Gasteiger partial charge on any atom is 0.352 e. The first kappa shape index (κ1) is 18.8. The summed E-state index contributed by atoms with van der Waals surface area (Å²) in [6.07, 6.45) is -2.35. The molecule has 0 spiro atoms. The van der Waals surface area contributed by atoms with E-state index in [-0.39, 0.29) is 0 Å². The number of rotatable bonds is 6. The van der Waals surface area contributed by atoms with Crippen LogP contribution in [0.1, 0.15) is 6.92 Å². The average Bonchev–Trinajstić information content (AvgIpc) is 2.32. The van der Waals surface area contributed by atoms with E-state index in [0.717, 1.165) is 15.6 Å². The molecule has 1 unspecified atom stereocenters. The van der Waals surface area contributed by atoms with Crippen molar-refractivity contribution >= 4 is 19.4 Å². The Morgan fingerprint density at radius 2 is 1.60 bits per heavy atom. The molecule has 0 saturated heterocycles. The molecule has 9 heteroatoms. The molecule has 0 radical (unpaired) electrons. The zero-order chi connectivity index (χ0) is 16.1. The molecular weight excluding hydrogens is 287 g/mol. The summed E-state index contributed by atoms with van der Waals surface area (Å²) in [7, 11) is 1.30. The van der Waals surface area contributed by atoms with Gasteiger partial charge in [0.25, 0.3) is 11.8 Å². The van der Waals surface area contributed by atoms with E-state index in [1.807, 2.05) is 0 Å². The van der Waals surface area contributed by atoms with Crippen LogP contribution in [0, 0.1) is 0 Å². The Morgan fingerprint density at radius 1 is 1.15 bits per heavy atom. The minimum atomic E-state index is -4.22. The molecule has 3 atom stereocenters. The maximum absolute atomic E-state index is 11.9. The normalized spacial score (nSPS) is 17.4. The van der Waals surface area contributed by atoms with Gasteiger partial charge in [0, 0.05) is 34.0 Å². The van der Waals surface area contributed by atoms with Gasteiger partial charge in [0.2, 0.25) is 0 Å². The van der Waals surface area contributed by atoms with Crippen molar-refractivity contribution in [1.29, 1.82) is 0 Å². The van der Waals surface area contributed by atoms with Crippen LogP contribution in [0.15, 0.2) is 11.9 Å². The van der Waals surface area contributed by atoms with E-state index in [2.05, 4.69) is 0 Å². The molecule has 0 aromatic heterocycles. The fourth-order valence-electron chi connectivity index (χ4n) is 1.27. The summed E-state index contributed by atoms with van der Waals surface area (Å²) in [6.45, 7) is 1.50. The van der Waals surface area contributed by atoms with E-state index in [1.165, 1.54) is 41.2 Å². The molecule has 0 saturated carbocycles. The van der Waals surface area contributed by atoms with Crippen LogP contribution >= 0.6 is 7.60 Å². The van der Waals surface area contributed by atoms with Gasteiger partial charge in [0.05, 0.1) is 0 Å². The Morgan fingerprint density at radius 3 is 1.95 bits per heavy atom. The van der Waals surface area contributed by atoms with Crippen molar-refractivity contribution in [3.8, 4) is 0 Å². The monoisotopic (exact) mass is 308 g/mol. The van der Waals surface area contributed by atoms with E-state index in [1.54, 1.807) is 0 Å². The van der Waals surface area contributed by atoms with Crippen molar-refractivity contribution in [3.05, 3.63) is 11.9 Å². The third-order valence-electron chi connectivity index (χ3n) is 2.27. The molecule has 0 aliphatic rings. The van der Waals surface area contributed by atoms with Crippen LogP contribution in [-0.4, -0.2) is 72.0 Å². The number of likely N-dealkylation sites (N-methyl/N-ethyl adjacent to an activating group) is 2. The molecule has 20 heavy (non-hydrogen) atoms. The van der Waals surface area contributed by atoms with Crippen LogP contribution in [0.25, 0.3) is 0 Å². The van der Waals surface area contributed by atoms with Crippen LogP contribution in [0.2, 0.25) is 0 Å². The van der Waals surface area contributed by atoms with Crippen LogP contribution in [-0.2, 0) is 18.7 Å². The summed E-state index contributed by atoms with van der Waals surface area (Å²) in [5.74, 6) is -0.715. The quantitative estimate of drug-likeness (QED) is 0.648. The first-order chi connectivity index (χ1) is 9.03. The van der Waals surface area contributed by atoms with Gasteiger partial charge >= 0.3 is 7.60 Å². The van der Waals surface area contributed by atoms with Crippen molar-refractivity contribution in [3.63, 3.8) is 0 Å². The molecule has 0 heterocycles. The highest BCUT2D eigenvalue weighted by Gasteiger charge is 2.39. The van der Waals surface area contributed by atoms with E-state index >= 15 is 0 Å². The summed E-state index contributed by atoms with van der Waals surface area (Å²) in [4.78, 5) is 35.2. The van der Waals surface area contributed by atoms with Gasteiger partial charge in [-0.3, -0.25) is 18.7 Å². The molecule has 0 aromatic rings. The molecule has 0 fully saturated rings. The maximum atomic E-state index is 11.9. The molecule has 0 aliphatic heterocycles. The predicted octanol–water partition coefficient (Wildman–Crippen LogP) is -0.372. The summed E-state index contributed by atoms with van der Waals surface area (Å²) < 4.78 is 16.5. The minimum absolute atomic E-state index is 0.786. The van der Waals surface area contributed by atoms with Crippen molar-refractivity contribution < 1.29 is 28.7 Å². The Kier molecular flexibility index (Phi) is 7.08. The highest BCUT2D eigenvalue weighted by molar-refractivity contribution is 7.56. The van der Waals surface area contributed by atoms with Gasteiger partial charge in [-0.2, -0.15) is 0 Å². The zero-order valence-electron chi connectivity index (χ0n) is 12.2. The number of aliphatic hydroxyl groups excluding tert-OH is 1. The van der Waals surface area contributed by atoms with Crippen LogP contribution in [0.3, 0.4) is 0 Å². The lowest BCUT2D eigenvalue weighted by Crippen LogP contribution is -2.49. The highest BCUT2D eigenvalue weighted by atomic mass is 31.2. The second-order valence-corrected chi connectivity index (χ2v) is 6.12. The standard InChI is InChI=1S/C11H21N2O6P/c1-6-7-20(17,18)19-9(11(16)13(4)5)8(14)10(15)12(2)3/h6-9,14H,1-5H3,(H,17,18)/t8-,9-/m1/s1. The van der Waals surface area contributed by atoms with Crippen molar-refractivity contribution in [2.24, 2.45) is 0 Å². The van der Waals surface area contributed by atoms with Gasteiger partial charge in [0.15, 0.2) is 12.2 Å². The average molecular weight is 308 g/mol. The summed E-state index contributed by atoms with van der Waals surface area (Å²) in [6, 6.07) is 0. The summed E-state index contributed by atoms with van der Waals surface area (Å²) in [5.41, 5.74) is 0. The van der Waals surface area contributed by atoms with E-state index in [0.29, 0.717) is 0 Å². The molecule has 0 bridgehead atoms. The number of nitrogens with zero attached hydrogens (tertiary/aromatic N) is 2. The van der Waals surface area contributed by atoms with Gasteiger partial charge in [-0.15, -0.1) is 0 Å². The first-order valence-electron chi connectivity index (χ1n) is 5.78. The molecule has 0 aromatic carbocycles. The Hall–Kier alpha value is -1.21. The number of aliphatic hydroxyl groups is 1. The van der Waals surface area contributed by atoms with E-state index in [9.17, 15) is 24.2 Å². The Balaban J connectivity index is 5.35. The third kappa shape index (κ3) is 5.42. The lowest BCUT2D eigenvalue weighted by atomic mass is 10.1. The number of hydrogen-bond acceptors (Lipinski definition) is 5. The van der Waals surface area contributed by atoms with Gasteiger partial charge in [-0.05, 0) is 6.92 Å². The van der Waals surface area contributed by atoms with Crippen molar-refractivity contribution in [1.82, 2.24) is 9.80 Å². The molecule has 2 N–H and O–H groups in total. The second-order valence-electron chi connectivity index (χ2n) is 4.48. The van der Waals surface area contributed by atoms with Crippen molar-refractivity contribution in [2.45, 2.75) is 19.1 Å². The fourth-order valence-corrected chi connectivity index (χ4v) is 2.25. The Labute approximate surface area is 118 Å².